The van der Waals surface area contributed by atoms with E-state index in [1.54, 1.807) is 162 Å². The van der Waals surface area contributed by atoms with Gasteiger partial charge in [-0.1, -0.05) is 58.0 Å². The van der Waals surface area contributed by atoms with E-state index in [0.717, 1.165) is 13.8 Å². The summed E-state index contributed by atoms with van der Waals surface area (Å²) < 4.78 is 32.5. The van der Waals surface area contributed by atoms with Crippen LogP contribution in [0.2, 0.25) is 0 Å². The van der Waals surface area contributed by atoms with Crippen LogP contribution in [0.1, 0.15) is 235 Å². The van der Waals surface area contributed by atoms with E-state index in [-0.39, 0.29) is 57.7 Å². The molecular formula is C84H139N13O25. The molecule has 38 heteroatoms. The van der Waals surface area contributed by atoms with Crippen molar-refractivity contribution in [2.45, 2.75) is 324 Å². The lowest BCUT2D eigenvalue weighted by atomic mass is 9.90. The van der Waals surface area contributed by atoms with E-state index in [1.807, 2.05) is 0 Å². The molecule has 4 unspecified atom stereocenters. The highest BCUT2D eigenvalue weighted by Gasteiger charge is 2.40. The highest BCUT2D eigenvalue weighted by atomic mass is 16.6. The quantitative estimate of drug-likeness (QED) is 0.0326. The molecule has 0 aliphatic carbocycles. The summed E-state index contributed by atoms with van der Waals surface area (Å²) >= 11 is 0. The number of carbonyl (C=O) groups is 17. The number of benzene rings is 1. The van der Waals surface area contributed by atoms with E-state index in [0.29, 0.717) is 12.0 Å². The monoisotopic (exact) mass is 1730 g/mol. The summed E-state index contributed by atoms with van der Waals surface area (Å²) in [5.41, 5.74) is -4.48. The number of aliphatic hydroxyl groups is 2. The summed E-state index contributed by atoms with van der Waals surface area (Å²) in [4.78, 5) is 242. The third-order valence-corrected chi connectivity index (χ3v) is 18.2. The number of nitrogens with one attached hydrogen (secondary N) is 13. The molecule has 122 heavy (non-hydrogen) atoms. The maximum atomic E-state index is 15.5. The highest BCUT2D eigenvalue weighted by Crippen LogP contribution is 2.22. The largest absolute Gasteiger partial charge is 0.462 e. The molecule has 38 nitrogen and oxygen atoms in total. The molecule has 0 spiro atoms. The lowest BCUT2D eigenvalue weighted by Gasteiger charge is -2.28. The standard InChI is InChI=1S/C84H139N13O25/c1-23-48(4)74(111)117-49(5)42-65(103)91-56(31-37-87-76(113)119-81(11,12)13)64(102)46-55(50(6)98)69(106)92-57(32-38-88-77(114)120-82(14,15)16)62(100)44-53-29-35-85-73(110)66(51(7)99)97-68(105)54(30-36-86-75(112)118-80(8,9)10)45-63(101)58(33-39-89-78(115)121-83(17,18)19)93-71(108)60(41-47(2)3)95-72(109)61(43-52-27-25-24-26-28-52)96-70(107)59(94-67(53)104)34-40-90-79(116)122-84(20,21)22/h24-28,47-51,53-61,66,98-99H,23,29-46H2,1-22H3,(H,85,110)(H,86,112)(H,87,113)(H,88,114)(H,89,115)(H,90,116)(H,91,103)(H,92,106)(H,93,108)(H,94,104)(H,95,109)(H,96,107)(H,97,105)/t48?,49?,50?,51?,53-,54-,55+,56+,57+,58+,59+,60+,61-,66+/m1/s1. The molecule has 0 bridgehead atoms. The molecule has 2 rings (SSSR count). The minimum absolute atomic E-state index is 0.105. The summed E-state index contributed by atoms with van der Waals surface area (Å²) in [6, 6.07) is -3.31. The van der Waals surface area contributed by atoms with Gasteiger partial charge in [-0.2, -0.15) is 0 Å². The third-order valence-electron chi connectivity index (χ3n) is 18.2. The Balaban J connectivity index is 3.13. The van der Waals surface area contributed by atoms with E-state index in [1.165, 1.54) is 6.92 Å². The number of aliphatic hydroxyl groups excluding tert-OH is 2. The van der Waals surface area contributed by atoms with E-state index < -0.39 is 278 Å². The van der Waals surface area contributed by atoms with Crippen LogP contribution in [0.4, 0.5) is 24.0 Å². The van der Waals surface area contributed by atoms with Gasteiger partial charge in [-0.05, 0) is 187 Å². The van der Waals surface area contributed by atoms with Crippen LogP contribution in [0.3, 0.4) is 0 Å². The number of carbonyl (C=O) groups excluding carboxylic acids is 17. The first-order valence-electron chi connectivity index (χ1n) is 41.8. The molecule has 1 saturated heterocycles. The normalized spacial score (nSPS) is 20.2. The van der Waals surface area contributed by atoms with E-state index in [9.17, 15) is 72.5 Å². The lowest BCUT2D eigenvalue weighted by molar-refractivity contribution is -0.154. The fourth-order valence-electron chi connectivity index (χ4n) is 12.0. The predicted octanol–water partition coefficient (Wildman–Crippen LogP) is 4.62. The van der Waals surface area contributed by atoms with Gasteiger partial charge < -0.3 is 108 Å². The number of esters is 1. The van der Waals surface area contributed by atoms with Crippen LogP contribution in [0.15, 0.2) is 30.3 Å². The molecule has 14 atom stereocenters. The second kappa shape index (κ2) is 51.0. The Kier molecular flexibility index (Phi) is 45.0. The fourth-order valence-corrected chi connectivity index (χ4v) is 12.0. The molecule has 0 aromatic heterocycles. The fraction of sp³-hybridized carbons (Fsp3) is 0.726. The van der Waals surface area contributed by atoms with Gasteiger partial charge in [-0.15, -0.1) is 0 Å². The maximum absolute atomic E-state index is 15.5. The Labute approximate surface area is 716 Å². The number of ketones is 3. The SMILES string of the molecule is CCC(C)C(=O)OC(C)CC(=O)N[C@@H](CCNC(=O)OC(C)(C)C)C(=O)C[C@H](C(=O)N[C@@H](CCNC(=O)OC(C)(C)C)C(=O)C[C@H]1CCNC(=O)[C@H](C(C)O)NC(=O)[C@H](CCNC(=O)OC(C)(C)C)CC(=O)[C@H](CCNC(=O)OC(C)(C)C)NC(=O)[C@H](CC(C)C)NC(=O)[C@@H](Cc2ccccc2)NC(=O)[C@H](CCNC(=O)OC(C)(C)C)NC1=O)C(C)O. The number of amides is 13. The first-order valence-corrected chi connectivity index (χ1v) is 41.8. The van der Waals surface area contributed by atoms with Crippen molar-refractivity contribution in [1.29, 1.82) is 0 Å². The first-order chi connectivity index (χ1) is 56.3. The van der Waals surface area contributed by atoms with E-state index >= 15 is 19.2 Å². The molecule has 0 radical (unpaired) electrons. The van der Waals surface area contributed by atoms with Crippen LogP contribution in [0.5, 0.6) is 0 Å². The minimum atomic E-state index is -1.88. The van der Waals surface area contributed by atoms with Crippen molar-refractivity contribution in [2.75, 3.05) is 39.3 Å². The second-order valence-corrected chi connectivity index (χ2v) is 36.2. The van der Waals surface area contributed by atoms with E-state index in [4.69, 9.17) is 28.4 Å². The molecule has 1 aromatic rings. The number of rotatable bonds is 35. The van der Waals surface area contributed by atoms with Crippen LogP contribution < -0.4 is 69.1 Å². The number of ether oxygens (including phenoxy) is 6. The smallest absolute Gasteiger partial charge is 0.407 e. The average molecular weight is 1730 g/mol. The summed E-state index contributed by atoms with van der Waals surface area (Å²) in [5, 5.41) is 56.3. The van der Waals surface area contributed by atoms with Crippen LogP contribution >= 0.6 is 0 Å². The van der Waals surface area contributed by atoms with Gasteiger partial charge in [0.05, 0.1) is 48.6 Å². The van der Waals surface area contributed by atoms with Gasteiger partial charge in [0.1, 0.15) is 58.3 Å². The van der Waals surface area contributed by atoms with Crippen molar-refractivity contribution in [3.8, 4) is 0 Å². The predicted molar refractivity (Wildman–Crippen MR) is 447 cm³/mol. The molecule has 690 valence electrons. The van der Waals surface area contributed by atoms with Crippen molar-refractivity contribution in [1.82, 2.24) is 69.1 Å². The Hall–Kier alpha value is -10.3. The second-order valence-electron chi connectivity index (χ2n) is 36.2. The zero-order valence-electron chi connectivity index (χ0n) is 75.3. The molecule has 1 aromatic carbocycles. The zero-order valence-corrected chi connectivity index (χ0v) is 75.3. The minimum Gasteiger partial charge on any atom is -0.462 e. The molecular weight excluding hydrogens is 1590 g/mol. The van der Waals surface area contributed by atoms with Gasteiger partial charge in [0, 0.05) is 76.8 Å². The molecule has 13 amide bonds. The summed E-state index contributed by atoms with van der Waals surface area (Å²) in [6.45, 7) is 32.3. The number of alkyl carbamates (subject to hydrolysis) is 5. The first kappa shape index (κ1) is 108. The lowest BCUT2D eigenvalue weighted by Crippen LogP contribution is -2.59. The molecule has 0 saturated carbocycles. The van der Waals surface area contributed by atoms with Gasteiger partial charge in [0.25, 0.3) is 0 Å². The summed E-state index contributed by atoms with van der Waals surface area (Å²) in [6.07, 6.45) is -14.4. The number of Topliss-reactive ketones (excluding diaryl/α,β-unsaturated/α-hetero) is 3. The maximum Gasteiger partial charge on any atom is 0.407 e. The van der Waals surface area contributed by atoms with Gasteiger partial charge >= 0.3 is 36.4 Å². The van der Waals surface area contributed by atoms with Crippen molar-refractivity contribution < 1.29 is 120 Å². The Morgan fingerprint density at radius 3 is 1.35 bits per heavy atom. The van der Waals surface area contributed by atoms with Gasteiger partial charge in [-0.3, -0.25) is 57.5 Å². The Morgan fingerprint density at radius 2 is 0.893 bits per heavy atom. The zero-order chi connectivity index (χ0) is 93.0. The number of hydrogen-bond acceptors (Lipinski definition) is 25. The molecule has 1 aliphatic heterocycles. The van der Waals surface area contributed by atoms with Gasteiger partial charge in [0.15, 0.2) is 17.3 Å². The van der Waals surface area contributed by atoms with Crippen LogP contribution in [0.25, 0.3) is 0 Å². The van der Waals surface area contributed by atoms with Crippen molar-refractivity contribution >= 4 is 101 Å². The summed E-state index contributed by atoms with van der Waals surface area (Å²) in [7, 11) is 0. The Morgan fingerprint density at radius 1 is 0.475 bits per heavy atom. The van der Waals surface area contributed by atoms with Crippen LogP contribution in [-0.2, 0) is 92.4 Å². The molecule has 1 fully saturated rings. The average Bonchev–Trinajstić information content (AvgIpc) is 1.48. The van der Waals surface area contributed by atoms with Crippen molar-refractivity contribution in [3.05, 3.63) is 35.9 Å². The van der Waals surface area contributed by atoms with Crippen LogP contribution in [-0.4, -0.2) is 239 Å². The third kappa shape index (κ3) is 45.6. The van der Waals surface area contributed by atoms with Gasteiger partial charge in [-0.25, -0.2) is 24.0 Å². The van der Waals surface area contributed by atoms with Gasteiger partial charge in [0.2, 0.25) is 47.3 Å². The van der Waals surface area contributed by atoms with Crippen molar-refractivity contribution in [3.63, 3.8) is 0 Å². The summed E-state index contributed by atoms with van der Waals surface area (Å²) in [5.74, 6) is -17.2. The van der Waals surface area contributed by atoms with E-state index in [2.05, 4.69) is 69.1 Å². The number of hydrogen-bond donors (Lipinski definition) is 15. The topological polar surface area (TPSA) is 542 Å². The molecule has 15 N–H and O–H groups in total. The highest BCUT2D eigenvalue weighted by molar-refractivity contribution is 5.99. The molecule has 1 aliphatic rings. The van der Waals surface area contributed by atoms with Crippen molar-refractivity contribution in [2.24, 2.45) is 29.6 Å². The Bertz CT molecular complexity index is 3670. The molecule has 1 heterocycles. The van der Waals surface area contributed by atoms with Crippen LogP contribution in [0, 0.1) is 29.6 Å².